The molecule has 0 saturated carbocycles. The summed E-state index contributed by atoms with van der Waals surface area (Å²) in [6, 6.07) is 25.5. The Hall–Kier alpha value is -4.56. The summed E-state index contributed by atoms with van der Waals surface area (Å²) in [5.41, 5.74) is 2.01. The number of nitrogens with two attached hydrogens (primary N) is 1. The van der Waals surface area contributed by atoms with Crippen LogP contribution in [0, 0.1) is 16.2 Å². The van der Waals surface area contributed by atoms with Crippen LogP contribution in [0.1, 0.15) is 63.6 Å². The van der Waals surface area contributed by atoms with E-state index >= 15 is 0 Å². The molecular formula is C38H44F9NO5. The summed E-state index contributed by atoms with van der Waals surface area (Å²) in [5, 5.41) is 8.96. The maximum absolute atomic E-state index is 12.6. The van der Waals surface area contributed by atoms with E-state index in [1.165, 1.54) is 13.8 Å². The highest BCUT2D eigenvalue weighted by atomic mass is 19.4. The fraction of sp³-hybridized carbons (Fsp3) is 0.447. The van der Waals surface area contributed by atoms with E-state index in [9.17, 15) is 53.9 Å². The number of hydrogen-bond donors (Lipinski definition) is 2. The zero-order valence-electron chi connectivity index (χ0n) is 29.7. The minimum Gasteiger partial charge on any atom is -0.481 e. The third-order valence-electron chi connectivity index (χ3n) is 7.96. The summed E-state index contributed by atoms with van der Waals surface area (Å²) in [5.74, 6) is -3.17. The van der Waals surface area contributed by atoms with Crippen LogP contribution in [-0.4, -0.2) is 48.1 Å². The molecule has 3 atom stereocenters. The highest BCUT2D eigenvalue weighted by molar-refractivity contribution is 5.81. The van der Waals surface area contributed by atoms with E-state index in [-0.39, 0.29) is 25.9 Å². The summed E-state index contributed by atoms with van der Waals surface area (Å²) in [7, 11) is 0. The maximum atomic E-state index is 12.6. The van der Waals surface area contributed by atoms with Gasteiger partial charge in [0.1, 0.15) is 0 Å². The molecule has 0 aliphatic heterocycles. The molecule has 3 aromatic rings. The van der Waals surface area contributed by atoms with Crippen molar-refractivity contribution in [3.63, 3.8) is 0 Å². The molecule has 0 spiro atoms. The quantitative estimate of drug-likeness (QED) is 0.133. The van der Waals surface area contributed by atoms with Gasteiger partial charge in [0.25, 0.3) is 0 Å². The Labute approximate surface area is 302 Å². The van der Waals surface area contributed by atoms with Crippen LogP contribution < -0.4 is 5.73 Å². The summed E-state index contributed by atoms with van der Waals surface area (Å²) in [4.78, 5) is 34.1. The van der Waals surface area contributed by atoms with Gasteiger partial charge in [-0.1, -0.05) is 97.9 Å². The second-order valence-electron chi connectivity index (χ2n) is 13.4. The van der Waals surface area contributed by atoms with Gasteiger partial charge in [0, 0.05) is 0 Å². The van der Waals surface area contributed by atoms with Crippen LogP contribution in [0.15, 0.2) is 91.0 Å². The predicted molar refractivity (Wildman–Crippen MR) is 180 cm³/mol. The van der Waals surface area contributed by atoms with Crippen molar-refractivity contribution in [1.82, 2.24) is 0 Å². The fourth-order valence-corrected chi connectivity index (χ4v) is 5.43. The van der Waals surface area contributed by atoms with E-state index < -0.39 is 71.9 Å². The van der Waals surface area contributed by atoms with Crippen molar-refractivity contribution in [3.05, 3.63) is 108 Å². The molecule has 6 nitrogen and oxygen atoms in total. The van der Waals surface area contributed by atoms with Gasteiger partial charge in [-0.3, -0.25) is 14.4 Å². The lowest BCUT2D eigenvalue weighted by molar-refractivity contribution is -0.180. The summed E-state index contributed by atoms with van der Waals surface area (Å²) >= 11 is 0. The molecule has 0 saturated heterocycles. The van der Waals surface area contributed by atoms with Crippen molar-refractivity contribution in [3.8, 4) is 0 Å². The average Bonchev–Trinajstić information content (AvgIpc) is 3.00. The number of carbonyl (C=O) groups excluding carboxylic acids is 2. The van der Waals surface area contributed by atoms with Crippen LogP contribution in [0.2, 0.25) is 0 Å². The number of amides is 1. The summed E-state index contributed by atoms with van der Waals surface area (Å²) in [6.45, 7) is 5.31. The Kier molecular flexibility index (Phi) is 17.1. The maximum Gasteiger partial charge on any atom is 0.390 e. The summed E-state index contributed by atoms with van der Waals surface area (Å²) in [6.07, 6.45) is -17.2. The lowest BCUT2D eigenvalue weighted by atomic mass is 9.79. The van der Waals surface area contributed by atoms with Crippen LogP contribution in [0.4, 0.5) is 39.5 Å². The molecule has 1 amide bonds. The van der Waals surface area contributed by atoms with Crippen molar-refractivity contribution in [1.29, 1.82) is 0 Å². The monoisotopic (exact) mass is 765 g/mol. The first-order valence-electron chi connectivity index (χ1n) is 16.3. The van der Waals surface area contributed by atoms with Crippen molar-refractivity contribution in [2.24, 2.45) is 22.0 Å². The Morgan fingerprint density at radius 1 is 0.547 bits per heavy atom. The van der Waals surface area contributed by atoms with E-state index in [1.807, 2.05) is 0 Å². The smallest absolute Gasteiger partial charge is 0.390 e. The molecule has 294 valence electrons. The lowest BCUT2D eigenvalue weighted by Crippen LogP contribution is -2.40. The summed E-state index contributed by atoms with van der Waals surface area (Å²) < 4.78 is 117. The number of primary amides is 1. The number of halogens is 9. The number of rotatable bonds is 13. The molecule has 3 rings (SSSR count). The topological polar surface area (TPSA) is 107 Å². The van der Waals surface area contributed by atoms with E-state index in [4.69, 9.17) is 15.6 Å². The zero-order valence-corrected chi connectivity index (χ0v) is 29.7. The average molecular weight is 766 g/mol. The molecule has 53 heavy (non-hydrogen) atoms. The molecule has 3 N–H and O–H groups in total. The normalized spacial score (nSPS) is 15.1. The minimum atomic E-state index is -4.48. The molecule has 15 heteroatoms. The van der Waals surface area contributed by atoms with Crippen molar-refractivity contribution in [2.45, 2.75) is 84.7 Å². The standard InChI is InChI=1S/C14H17F3O2.C12H14F3NO.C12H13F3O2/c1-3-19-12(18)13(2,10-14(15,16)17)9-11-7-5-4-6-8-11;2*1-11(10(16)17,8-12(13,14)15)7-9-5-3-2-4-6-9/h4-8H,3,9-10H2,1-2H3;2-6H,7-8H2,1H3,(H2,16,17);2-6H,7-8H2,1H3,(H,16,17). The molecule has 0 aliphatic carbocycles. The van der Waals surface area contributed by atoms with Gasteiger partial charge in [-0.15, -0.1) is 0 Å². The first-order valence-corrected chi connectivity index (χ1v) is 16.3. The highest BCUT2D eigenvalue weighted by Crippen LogP contribution is 2.39. The van der Waals surface area contributed by atoms with Gasteiger partial charge in [0.05, 0.1) is 42.1 Å². The molecule has 0 bridgehead atoms. The molecule has 0 aromatic heterocycles. The fourth-order valence-electron chi connectivity index (χ4n) is 5.43. The van der Waals surface area contributed by atoms with E-state index in [0.29, 0.717) is 16.7 Å². The van der Waals surface area contributed by atoms with E-state index in [2.05, 4.69) is 0 Å². The number of carboxylic acid groups (broad SMARTS) is 1. The molecular weight excluding hydrogens is 721 g/mol. The van der Waals surface area contributed by atoms with Crippen molar-refractivity contribution >= 4 is 17.8 Å². The first-order chi connectivity index (χ1) is 24.2. The number of hydrogen-bond acceptors (Lipinski definition) is 4. The van der Waals surface area contributed by atoms with Crippen LogP contribution in [0.25, 0.3) is 0 Å². The zero-order chi connectivity index (χ0) is 40.7. The number of aliphatic carboxylic acids is 1. The van der Waals surface area contributed by atoms with Crippen molar-refractivity contribution < 1.29 is 63.7 Å². The number of carbonyl (C=O) groups is 3. The Bertz CT molecular complexity index is 1490. The Morgan fingerprint density at radius 2 is 0.830 bits per heavy atom. The molecule has 3 aromatic carbocycles. The van der Waals surface area contributed by atoms with Crippen LogP contribution in [0.3, 0.4) is 0 Å². The van der Waals surface area contributed by atoms with E-state index in [1.54, 1.807) is 97.9 Å². The largest absolute Gasteiger partial charge is 0.481 e. The second kappa shape index (κ2) is 19.5. The van der Waals surface area contributed by atoms with Gasteiger partial charge in [-0.25, -0.2) is 0 Å². The van der Waals surface area contributed by atoms with Gasteiger partial charge in [-0.2, -0.15) is 39.5 Å². The molecule has 0 aliphatic rings. The lowest BCUT2D eigenvalue weighted by Gasteiger charge is -2.28. The SMILES string of the molecule is CC(Cc1ccccc1)(CC(F)(F)F)C(=O)O.CC(Cc1ccccc1)(CC(F)(F)F)C(N)=O.CCOC(=O)C(C)(Cc1ccccc1)CC(F)(F)F. The number of benzene rings is 3. The third kappa shape index (κ3) is 18.2. The minimum absolute atomic E-state index is 0.00613. The van der Waals surface area contributed by atoms with Gasteiger partial charge < -0.3 is 15.6 Å². The van der Waals surface area contributed by atoms with Crippen molar-refractivity contribution in [2.75, 3.05) is 6.61 Å². The Morgan fingerprint density at radius 3 is 1.11 bits per heavy atom. The number of esters is 1. The highest BCUT2D eigenvalue weighted by Gasteiger charge is 2.46. The molecule has 3 unspecified atom stereocenters. The number of alkyl halides is 9. The van der Waals surface area contributed by atoms with Gasteiger partial charge >= 0.3 is 30.5 Å². The van der Waals surface area contributed by atoms with Gasteiger partial charge in [0.15, 0.2) is 0 Å². The van der Waals surface area contributed by atoms with Gasteiger partial charge in [-0.05, 0) is 56.7 Å². The number of ether oxygens (including phenoxy) is 1. The second-order valence-corrected chi connectivity index (χ2v) is 13.4. The van der Waals surface area contributed by atoms with Gasteiger partial charge in [0.2, 0.25) is 5.91 Å². The molecule has 0 heterocycles. The number of carboxylic acids is 1. The third-order valence-corrected chi connectivity index (χ3v) is 7.96. The first kappa shape index (κ1) is 46.5. The predicted octanol–water partition coefficient (Wildman–Crippen LogP) is 9.70. The van der Waals surface area contributed by atoms with Crippen LogP contribution in [0.5, 0.6) is 0 Å². The Balaban J connectivity index is 0.000000398. The van der Waals surface area contributed by atoms with Crippen LogP contribution >= 0.6 is 0 Å². The molecule has 0 fully saturated rings. The van der Waals surface area contributed by atoms with Crippen LogP contribution in [-0.2, 0) is 38.4 Å². The molecule has 0 radical (unpaired) electrons. The van der Waals surface area contributed by atoms with E-state index in [0.717, 1.165) is 6.92 Å².